The summed E-state index contributed by atoms with van der Waals surface area (Å²) in [6.45, 7) is 4.16. The highest BCUT2D eigenvalue weighted by atomic mass is 16.5. The molecule has 0 unspecified atom stereocenters. The third kappa shape index (κ3) is 6.89. The van der Waals surface area contributed by atoms with Crippen LogP contribution in [0.1, 0.15) is 37.8 Å². The van der Waals surface area contributed by atoms with Crippen molar-refractivity contribution in [2.45, 2.75) is 45.7 Å². The van der Waals surface area contributed by atoms with Gasteiger partial charge in [-0.15, -0.1) is 0 Å². The molecule has 0 aliphatic rings. The predicted molar refractivity (Wildman–Crippen MR) is 128 cm³/mol. The van der Waals surface area contributed by atoms with Crippen molar-refractivity contribution >= 4 is 28.6 Å². The van der Waals surface area contributed by atoms with Gasteiger partial charge in [-0.05, 0) is 35.6 Å². The number of amides is 3. The molecule has 0 aliphatic heterocycles. The van der Waals surface area contributed by atoms with Gasteiger partial charge in [0.25, 0.3) is 0 Å². The molecule has 34 heavy (non-hydrogen) atoms. The Morgan fingerprint density at radius 3 is 2.59 bits per heavy atom. The molecule has 9 heteroatoms. The Hall–Kier alpha value is -3.72. The van der Waals surface area contributed by atoms with E-state index in [1.54, 1.807) is 23.9 Å². The van der Waals surface area contributed by atoms with Gasteiger partial charge in [0.05, 0.1) is 0 Å². The molecule has 2 aromatic heterocycles. The Labute approximate surface area is 198 Å². The van der Waals surface area contributed by atoms with Crippen LogP contribution >= 0.6 is 0 Å². The van der Waals surface area contributed by atoms with Gasteiger partial charge in [-0.3, -0.25) is 24.6 Å². The molecule has 0 saturated heterocycles. The molecule has 5 N–H and O–H groups in total. The summed E-state index contributed by atoms with van der Waals surface area (Å²) < 4.78 is 0. The number of aromatic nitrogens is 2. The number of benzene rings is 1. The van der Waals surface area contributed by atoms with Crippen molar-refractivity contribution in [3.8, 4) is 0 Å². The molecule has 3 aromatic rings. The van der Waals surface area contributed by atoms with Crippen molar-refractivity contribution in [2.24, 2.45) is 11.8 Å². The highest BCUT2D eigenvalue weighted by Crippen LogP contribution is 2.20. The number of aromatic amines is 1. The quantitative estimate of drug-likeness (QED) is 0.219. The second kappa shape index (κ2) is 11.9. The minimum absolute atomic E-state index is 0.147. The molecule has 0 bridgehead atoms. The van der Waals surface area contributed by atoms with Crippen molar-refractivity contribution < 1.29 is 19.6 Å². The van der Waals surface area contributed by atoms with E-state index in [1.165, 1.54) is 0 Å². The molecular weight excluding hydrogens is 434 g/mol. The standard InChI is InChI=1S/C25H31N5O4/c1-16(2)10-18(12-23(31)30-34)24(32)29-22(25(33)28-14-17-6-5-9-26-13-17)11-19-15-27-21-8-4-3-7-20(19)21/h3-9,13,15-16,18,22,27,34H,10-12,14H2,1-2H3,(H,28,33)(H,29,32)(H,30,31)/t18-,22+/m1/s1. The SMILES string of the molecule is CC(C)C[C@H](CC(=O)NO)C(=O)N[C@@H](Cc1c[nH]c2ccccc12)C(=O)NCc1cccnc1. The average molecular weight is 466 g/mol. The van der Waals surface area contributed by atoms with E-state index in [0.29, 0.717) is 6.42 Å². The minimum atomic E-state index is -0.852. The molecule has 3 rings (SSSR count). The number of para-hydroxylation sites is 1. The Morgan fingerprint density at radius 2 is 1.88 bits per heavy atom. The van der Waals surface area contributed by atoms with Crippen LogP contribution in [0.5, 0.6) is 0 Å². The number of hydrogen-bond donors (Lipinski definition) is 5. The zero-order valence-electron chi connectivity index (χ0n) is 19.4. The lowest BCUT2D eigenvalue weighted by Crippen LogP contribution is -2.50. The van der Waals surface area contributed by atoms with Gasteiger partial charge in [0, 0.05) is 54.8 Å². The molecule has 0 radical (unpaired) electrons. The van der Waals surface area contributed by atoms with E-state index in [4.69, 9.17) is 5.21 Å². The Morgan fingerprint density at radius 1 is 1.09 bits per heavy atom. The van der Waals surface area contributed by atoms with Crippen molar-refractivity contribution in [3.63, 3.8) is 0 Å². The number of nitrogens with one attached hydrogen (secondary N) is 4. The summed E-state index contributed by atoms with van der Waals surface area (Å²) in [5.74, 6) is -1.91. The normalized spacial score (nSPS) is 12.8. The van der Waals surface area contributed by atoms with Crippen molar-refractivity contribution in [3.05, 3.63) is 66.1 Å². The van der Waals surface area contributed by atoms with Crippen LogP contribution in [0.2, 0.25) is 0 Å². The maximum Gasteiger partial charge on any atom is 0.244 e. The van der Waals surface area contributed by atoms with E-state index in [2.05, 4.69) is 20.6 Å². The zero-order valence-corrected chi connectivity index (χ0v) is 19.4. The van der Waals surface area contributed by atoms with Gasteiger partial charge in [0.15, 0.2) is 0 Å². The topological polar surface area (TPSA) is 136 Å². The first-order chi connectivity index (χ1) is 16.4. The lowest BCUT2D eigenvalue weighted by molar-refractivity contribution is -0.136. The van der Waals surface area contributed by atoms with Crippen molar-refractivity contribution in [2.75, 3.05) is 0 Å². The molecule has 9 nitrogen and oxygen atoms in total. The monoisotopic (exact) mass is 465 g/mol. The van der Waals surface area contributed by atoms with Crippen LogP contribution in [-0.2, 0) is 27.3 Å². The van der Waals surface area contributed by atoms with Crippen molar-refractivity contribution in [1.29, 1.82) is 0 Å². The van der Waals surface area contributed by atoms with Crippen LogP contribution in [0.15, 0.2) is 55.0 Å². The minimum Gasteiger partial charge on any atom is -0.361 e. The molecule has 2 heterocycles. The molecule has 0 spiro atoms. The van der Waals surface area contributed by atoms with E-state index < -0.39 is 23.8 Å². The predicted octanol–water partition coefficient (Wildman–Crippen LogP) is 2.46. The van der Waals surface area contributed by atoms with Crippen LogP contribution < -0.4 is 16.1 Å². The lowest BCUT2D eigenvalue weighted by Gasteiger charge is -2.23. The van der Waals surface area contributed by atoms with Crippen LogP contribution in [-0.4, -0.2) is 38.9 Å². The second-order valence-electron chi connectivity index (χ2n) is 8.77. The Kier molecular flexibility index (Phi) is 8.75. The first kappa shape index (κ1) is 24.9. The third-order valence-corrected chi connectivity index (χ3v) is 5.60. The first-order valence-corrected chi connectivity index (χ1v) is 11.3. The summed E-state index contributed by atoms with van der Waals surface area (Å²) in [5, 5.41) is 15.6. The van der Waals surface area contributed by atoms with Gasteiger partial charge in [-0.25, -0.2) is 5.48 Å². The summed E-state index contributed by atoms with van der Waals surface area (Å²) in [4.78, 5) is 45.3. The number of carbonyl (C=O) groups excluding carboxylic acids is 3. The van der Waals surface area contributed by atoms with E-state index in [9.17, 15) is 14.4 Å². The lowest BCUT2D eigenvalue weighted by atomic mass is 9.92. The molecular formula is C25H31N5O4. The molecule has 0 fully saturated rings. The van der Waals surface area contributed by atoms with E-state index in [1.807, 2.05) is 50.4 Å². The summed E-state index contributed by atoms with van der Waals surface area (Å²) in [5.41, 5.74) is 4.26. The number of carbonyl (C=O) groups is 3. The van der Waals surface area contributed by atoms with E-state index in [-0.39, 0.29) is 31.2 Å². The van der Waals surface area contributed by atoms with E-state index in [0.717, 1.165) is 22.0 Å². The Bertz CT molecular complexity index is 1110. The largest absolute Gasteiger partial charge is 0.361 e. The highest BCUT2D eigenvalue weighted by molar-refractivity contribution is 5.91. The maximum absolute atomic E-state index is 13.2. The molecule has 1 aromatic carbocycles. The van der Waals surface area contributed by atoms with Crippen LogP contribution in [0.4, 0.5) is 0 Å². The molecule has 180 valence electrons. The summed E-state index contributed by atoms with van der Waals surface area (Å²) in [6, 6.07) is 10.5. The third-order valence-electron chi connectivity index (χ3n) is 5.60. The number of pyridine rings is 1. The molecule has 3 amide bonds. The van der Waals surface area contributed by atoms with E-state index >= 15 is 0 Å². The van der Waals surface area contributed by atoms with Gasteiger partial charge in [0.1, 0.15) is 6.04 Å². The molecule has 2 atom stereocenters. The fraction of sp³-hybridized carbons (Fsp3) is 0.360. The second-order valence-corrected chi connectivity index (χ2v) is 8.77. The Balaban J connectivity index is 1.79. The summed E-state index contributed by atoms with van der Waals surface area (Å²) in [6.07, 6.45) is 5.70. The highest BCUT2D eigenvalue weighted by Gasteiger charge is 2.28. The number of nitrogens with zero attached hydrogens (tertiary/aromatic N) is 1. The first-order valence-electron chi connectivity index (χ1n) is 11.3. The van der Waals surface area contributed by atoms with Gasteiger partial charge >= 0.3 is 0 Å². The smallest absolute Gasteiger partial charge is 0.244 e. The fourth-order valence-corrected chi connectivity index (χ4v) is 3.96. The number of H-pyrrole nitrogens is 1. The fourth-order valence-electron chi connectivity index (χ4n) is 3.96. The van der Waals surface area contributed by atoms with Gasteiger partial charge in [-0.1, -0.05) is 38.1 Å². The van der Waals surface area contributed by atoms with Crippen molar-refractivity contribution in [1.82, 2.24) is 26.1 Å². The summed E-state index contributed by atoms with van der Waals surface area (Å²) in [7, 11) is 0. The number of fused-ring (bicyclic) bond motifs is 1. The average Bonchev–Trinajstić information content (AvgIpc) is 3.24. The van der Waals surface area contributed by atoms with Gasteiger partial charge in [-0.2, -0.15) is 0 Å². The molecule has 0 saturated carbocycles. The molecule has 0 aliphatic carbocycles. The maximum atomic E-state index is 13.2. The van der Waals surface area contributed by atoms with Gasteiger partial charge in [0.2, 0.25) is 17.7 Å². The van der Waals surface area contributed by atoms with Crippen LogP contribution in [0, 0.1) is 11.8 Å². The number of hydroxylamine groups is 1. The van der Waals surface area contributed by atoms with Gasteiger partial charge < -0.3 is 15.6 Å². The number of hydrogen-bond acceptors (Lipinski definition) is 5. The summed E-state index contributed by atoms with van der Waals surface area (Å²) >= 11 is 0. The van der Waals surface area contributed by atoms with Crippen LogP contribution in [0.25, 0.3) is 10.9 Å². The number of rotatable bonds is 11. The van der Waals surface area contributed by atoms with Crippen LogP contribution in [0.3, 0.4) is 0 Å². The zero-order chi connectivity index (χ0) is 24.5.